The van der Waals surface area contributed by atoms with E-state index in [1.165, 1.54) is 10.8 Å². The van der Waals surface area contributed by atoms with Crippen molar-refractivity contribution in [2.75, 3.05) is 0 Å². The Kier molecular flexibility index (Phi) is 6.42. The molecule has 0 amide bonds. The summed E-state index contributed by atoms with van der Waals surface area (Å²) in [6.45, 7) is 0. The maximum Gasteiger partial charge on any atom is 0.164 e. The Balaban J connectivity index is 1.15. The van der Waals surface area contributed by atoms with Gasteiger partial charge in [-0.2, -0.15) is 0 Å². The molecule has 3 heterocycles. The molecule has 10 rings (SSSR count). The number of furan rings is 1. The lowest BCUT2D eigenvalue weighted by Crippen LogP contribution is -2.00. The lowest BCUT2D eigenvalue weighted by Gasteiger charge is -2.10. The van der Waals surface area contributed by atoms with Gasteiger partial charge in [-0.05, 0) is 29.8 Å². The summed E-state index contributed by atoms with van der Waals surface area (Å²) in [5.41, 5.74) is 9.83. The molecule has 50 heavy (non-hydrogen) atoms. The van der Waals surface area contributed by atoms with E-state index in [9.17, 15) is 0 Å². The molecule has 0 saturated carbocycles. The van der Waals surface area contributed by atoms with Gasteiger partial charge in [0.05, 0.1) is 16.7 Å². The van der Waals surface area contributed by atoms with Gasteiger partial charge in [-0.25, -0.2) is 15.0 Å². The minimum Gasteiger partial charge on any atom is -0.453 e. The second kappa shape index (κ2) is 11.4. The van der Waals surface area contributed by atoms with Crippen molar-refractivity contribution in [2.24, 2.45) is 0 Å². The third-order valence-corrected chi connectivity index (χ3v) is 9.46. The van der Waals surface area contributed by atoms with Crippen LogP contribution in [0.15, 0.2) is 174 Å². The van der Waals surface area contributed by atoms with Crippen LogP contribution in [0.5, 0.6) is 0 Å². The molecule has 5 heteroatoms. The number of benzene rings is 7. The Morgan fingerprint density at radius 2 is 0.820 bits per heavy atom. The van der Waals surface area contributed by atoms with Gasteiger partial charge in [0.1, 0.15) is 5.58 Å². The first-order chi connectivity index (χ1) is 24.8. The molecule has 0 fully saturated rings. The van der Waals surface area contributed by atoms with E-state index in [0.29, 0.717) is 17.5 Å². The van der Waals surface area contributed by atoms with Gasteiger partial charge in [0.15, 0.2) is 23.1 Å². The van der Waals surface area contributed by atoms with Crippen LogP contribution in [0, 0.1) is 0 Å². The molecule has 0 aliphatic carbocycles. The minimum atomic E-state index is 0.616. The summed E-state index contributed by atoms with van der Waals surface area (Å²) in [4.78, 5) is 14.8. The van der Waals surface area contributed by atoms with E-state index < -0.39 is 0 Å². The van der Waals surface area contributed by atoms with Crippen LogP contribution in [0.1, 0.15) is 0 Å². The largest absolute Gasteiger partial charge is 0.453 e. The predicted octanol–water partition coefficient (Wildman–Crippen LogP) is 11.5. The normalized spacial score (nSPS) is 11.6. The topological polar surface area (TPSA) is 56.7 Å². The van der Waals surface area contributed by atoms with Crippen molar-refractivity contribution in [3.05, 3.63) is 170 Å². The van der Waals surface area contributed by atoms with Crippen LogP contribution in [0.4, 0.5) is 0 Å². The summed E-state index contributed by atoms with van der Waals surface area (Å²) < 4.78 is 9.25. The fraction of sp³-hybridized carbons (Fsp3) is 0. The first kappa shape index (κ1) is 28.2. The molecular weight excluding hydrogens is 613 g/mol. The molecule has 234 valence electrons. The van der Waals surface area contributed by atoms with E-state index in [1.54, 1.807) is 0 Å². The summed E-state index contributed by atoms with van der Waals surface area (Å²) in [6.07, 6.45) is 0. The Labute approximate surface area is 287 Å². The van der Waals surface area contributed by atoms with E-state index in [4.69, 9.17) is 19.4 Å². The quantitative estimate of drug-likeness (QED) is 0.188. The van der Waals surface area contributed by atoms with Crippen molar-refractivity contribution in [2.45, 2.75) is 0 Å². The third-order valence-electron chi connectivity index (χ3n) is 9.46. The number of fused-ring (bicyclic) bond motifs is 6. The molecule has 0 bridgehead atoms. The van der Waals surface area contributed by atoms with Crippen molar-refractivity contribution < 1.29 is 4.42 Å². The number of rotatable bonds is 5. The SMILES string of the molecule is c1ccc(-c2nc(-c3ccccc3)nc(-c3cccc(-c4cccc5c4oc4c(-n6c7ccccc7c7ccccc76)cccc45)c3)n2)cc1. The van der Waals surface area contributed by atoms with Crippen LogP contribution in [-0.2, 0) is 0 Å². The van der Waals surface area contributed by atoms with Gasteiger partial charge in [-0.1, -0.05) is 146 Å². The number of hydrogen-bond acceptors (Lipinski definition) is 4. The predicted molar refractivity (Wildman–Crippen MR) is 203 cm³/mol. The highest BCUT2D eigenvalue weighted by atomic mass is 16.3. The van der Waals surface area contributed by atoms with Gasteiger partial charge in [-0.15, -0.1) is 0 Å². The fourth-order valence-electron chi connectivity index (χ4n) is 7.15. The number of aromatic nitrogens is 4. The average molecular weight is 641 g/mol. The Morgan fingerprint density at radius 3 is 1.46 bits per heavy atom. The molecule has 0 atom stereocenters. The molecular formula is C45H28N4O. The second-order valence-electron chi connectivity index (χ2n) is 12.4. The summed E-state index contributed by atoms with van der Waals surface area (Å²) >= 11 is 0. The molecule has 10 aromatic rings. The maximum atomic E-state index is 6.93. The molecule has 7 aromatic carbocycles. The molecule has 0 aliphatic heterocycles. The van der Waals surface area contributed by atoms with Gasteiger partial charge < -0.3 is 8.98 Å². The zero-order valence-corrected chi connectivity index (χ0v) is 26.9. The van der Waals surface area contributed by atoms with Crippen molar-refractivity contribution in [3.8, 4) is 51.0 Å². The fourth-order valence-corrected chi connectivity index (χ4v) is 7.15. The third kappa shape index (κ3) is 4.52. The summed E-state index contributed by atoms with van der Waals surface area (Å²) in [5.74, 6) is 1.89. The van der Waals surface area contributed by atoms with Crippen LogP contribution in [0.2, 0.25) is 0 Å². The monoisotopic (exact) mass is 640 g/mol. The molecule has 0 radical (unpaired) electrons. The van der Waals surface area contributed by atoms with E-state index in [-0.39, 0.29) is 0 Å². The highest BCUT2D eigenvalue weighted by Crippen LogP contribution is 2.41. The van der Waals surface area contributed by atoms with E-state index in [1.807, 2.05) is 60.7 Å². The highest BCUT2D eigenvalue weighted by Gasteiger charge is 2.19. The molecule has 0 N–H and O–H groups in total. The summed E-state index contributed by atoms with van der Waals surface area (Å²) in [5, 5.41) is 4.59. The lowest BCUT2D eigenvalue weighted by atomic mass is 10.00. The summed E-state index contributed by atoms with van der Waals surface area (Å²) in [7, 11) is 0. The maximum absolute atomic E-state index is 6.93. The molecule has 0 unspecified atom stereocenters. The molecule has 5 nitrogen and oxygen atoms in total. The molecule has 3 aromatic heterocycles. The summed E-state index contributed by atoms with van der Waals surface area (Å²) in [6, 6.07) is 58.5. The van der Waals surface area contributed by atoms with E-state index in [0.717, 1.165) is 66.5 Å². The molecule has 0 spiro atoms. The van der Waals surface area contributed by atoms with E-state index in [2.05, 4.69) is 114 Å². The van der Waals surface area contributed by atoms with Crippen LogP contribution in [0.3, 0.4) is 0 Å². The number of para-hydroxylation sites is 4. The van der Waals surface area contributed by atoms with Crippen LogP contribution < -0.4 is 0 Å². The van der Waals surface area contributed by atoms with E-state index >= 15 is 0 Å². The van der Waals surface area contributed by atoms with Gasteiger partial charge in [0, 0.05) is 43.8 Å². The second-order valence-corrected chi connectivity index (χ2v) is 12.4. The first-order valence-electron chi connectivity index (χ1n) is 16.7. The molecule has 0 aliphatic rings. The van der Waals surface area contributed by atoms with Crippen LogP contribution in [-0.4, -0.2) is 19.5 Å². The zero-order valence-electron chi connectivity index (χ0n) is 26.9. The number of hydrogen-bond donors (Lipinski definition) is 0. The highest BCUT2D eigenvalue weighted by molar-refractivity contribution is 6.14. The standard InChI is InChI=1S/C45H28N4O/c1-3-14-29(15-4-1)43-46-44(30-16-5-2-6-17-30)48-45(47-43)32-19-11-18-31(28-32)33-22-12-23-36-37-24-13-27-40(42(37)50-41(33)36)49-38-25-9-7-20-34(38)35-21-8-10-26-39(35)49/h1-28H. The molecule has 0 saturated heterocycles. The van der Waals surface area contributed by atoms with Gasteiger partial charge in [0.2, 0.25) is 0 Å². The minimum absolute atomic E-state index is 0.616. The Hall–Kier alpha value is -6.85. The smallest absolute Gasteiger partial charge is 0.164 e. The lowest BCUT2D eigenvalue weighted by molar-refractivity contribution is 0.667. The van der Waals surface area contributed by atoms with Crippen molar-refractivity contribution in [3.63, 3.8) is 0 Å². The average Bonchev–Trinajstić information content (AvgIpc) is 3.75. The van der Waals surface area contributed by atoms with Crippen molar-refractivity contribution in [1.82, 2.24) is 19.5 Å². The zero-order chi connectivity index (χ0) is 33.0. The van der Waals surface area contributed by atoms with Gasteiger partial charge >= 0.3 is 0 Å². The Bertz CT molecular complexity index is 2760. The first-order valence-corrected chi connectivity index (χ1v) is 16.7. The van der Waals surface area contributed by atoms with Gasteiger partial charge in [-0.3, -0.25) is 0 Å². The van der Waals surface area contributed by atoms with Crippen LogP contribution in [0.25, 0.3) is 94.7 Å². The Morgan fingerprint density at radius 1 is 0.360 bits per heavy atom. The van der Waals surface area contributed by atoms with Crippen molar-refractivity contribution >= 4 is 43.7 Å². The van der Waals surface area contributed by atoms with Crippen molar-refractivity contribution in [1.29, 1.82) is 0 Å². The van der Waals surface area contributed by atoms with Gasteiger partial charge in [0.25, 0.3) is 0 Å². The van der Waals surface area contributed by atoms with Crippen LogP contribution >= 0.6 is 0 Å². The number of nitrogens with zero attached hydrogens (tertiary/aromatic N) is 4.